The summed E-state index contributed by atoms with van der Waals surface area (Å²) in [4.78, 5) is 24.3. The van der Waals surface area contributed by atoms with Crippen LogP contribution in [0.2, 0.25) is 0 Å². The van der Waals surface area contributed by atoms with Gasteiger partial charge in [0.1, 0.15) is 6.04 Å². The van der Waals surface area contributed by atoms with Crippen LogP contribution in [0.5, 0.6) is 0 Å². The van der Waals surface area contributed by atoms with Gasteiger partial charge >= 0.3 is 18.3 Å². The summed E-state index contributed by atoms with van der Waals surface area (Å²) in [5.74, 6) is -2.26. The number of aliphatic hydroxyl groups excluding tert-OH is 1. The number of benzene rings is 2. The van der Waals surface area contributed by atoms with E-state index in [0.717, 1.165) is 37.4 Å². The molecule has 0 aromatic heterocycles. The van der Waals surface area contributed by atoms with Crippen LogP contribution in [0.25, 0.3) is 0 Å². The number of methoxy groups -OCH3 is 1. The molecule has 0 heterocycles. The lowest BCUT2D eigenvalue weighted by molar-refractivity contribution is -0.147. The van der Waals surface area contributed by atoms with Crippen LogP contribution in [0.3, 0.4) is 0 Å². The van der Waals surface area contributed by atoms with Gasteiger partial charge in [-0.15, -0.1) is 0 Å². The predicted molar refractivity (Wildman–Crippen MR) is 95.5 cm³/mol. The van der Waals surface area contributed by atoms with E-state index in [4.69, 9.17) is 0 Å². The highest BCUT2D eigenvalue weighted by Crippen LogP contribution is 2.33. The number of aliphatic hydroxyl groups is 1. The highest BCUT2D eigenvalue weighted by molar-refractivity contribution is 5.87. The van der Waals surface area contributed by atoms with Gasteiger partial charge in [-0.05, 0) is 29.3 Å². The maximum Gasteiger partial charge on any atom is 0.416 e. The van der Waals surface area contributed by atoms with Crippen molar-refractivity contribution in [2.24, 2.45) is 0 Å². The quantitative estimate of drug-likeness (QED) is 0.522. The average Bonchev–Trinajstić information content (AvgIpc) is 2.71. The molecule has 0 radical (unpaired) electrons. The Kier molecular flexibility index (Phi) is 7.32. The Bertz CT molecular complexity index is 925. The Balaban J connectivity index is 2.21. The van der Waals surface area contributed by atoms with Crippen molar-refractivity contribution in [1.29, 1.82) is 0 Å². The third-order valence-electron chi connectivity index (χ3n) is 4.35. The van der Waals surface area contributed by atoms with Crippen molar-refractivity contribution in [3.63, 3.8) is 0 Å². The molecule has 0 spiro atoms. The highest BCUT2D eigenvalue weighted by Gasteiger charge is 2.35. The lowest BCUT2D eigenvalue weighted by atomic mass is 9.99. The standard InChI is InChI=1S/C20H17F6NO4/c1-31-18(30)15(10-12-4-2-3-5-14(12)20(24,25)26)27-17(29)16(28)11-6-8-13(9-7-11)19(21,22)23/h2-9,15-16,28H,10H2,1H3,(H,27,29)/t15-,16-/m1/s1. The SMILES string of the molecule is COC(=O)[C@@H](Cc1ccccc1C(F)(F)F)NC(=O)[C@H](O)c1ccc(C(F)(F)F)cc1. The van der Waals surface area contributed by atoms with Gasteiger partial charge in [-0.2, -0.15) is 26.3 Å². The first kappa shape index (κ1) is 24.2. The summed E-state index contributed by atoms with van der Waals surface area (Å²) in [6, 6.07) is 5.89. The number of halogens is 6. The summed E-state index contributed by atoms with van der Waals surface area (Å²) in [5.41, 5.74) is -2.51. The molecule has 0 saturated carbocycles. The number of esters is 1. The predicted octanol–water partition coefficient (Wildman–Crippen LogP) is 3.66. The van der Waals surface area contributed by atoms with E-state index in [1.807, 2.05) is 0 Å². The van der Waals surface area contributed by atoms with Gasteiger partial charge in [0.2, 0.25) is 0 Å². The number of hydrogen-bond acceptors (Lipinski definition) is 4. The van der Waals surface area contributed by atoms with Crippen molar-refractivity contribution in [2.45, 2.75) is 30.9 Å². The molecule has 0 unspecified atom stereocenters. The van der Waals surface area contributed by atoms with E-state index in [1.165, 1.54) is 6.07 Å². The minimum atomic E-state index is -4.71. The normalized spacial score (nSPS) is 13.9. The second-order valence-electron chi connectivity index (χ2n) is 6.47. The minimum absolute atomic E-state index is 0.204. The van der Waals surface area contributed by atoms with Crippen LogP contribution in [0, 0.1) is 0 Å². The van der Waals surface area contributed by atoms with Crippen molar-refractivity contribution in [2.75, 3.05) is 7.11 Å². The van der Waals surface area contributed by atoms with E-state index in [9.17, 15) is 41.0 Å². The van der Waals surface area contributed by atoms with Gasteiger partial charge in [-0.3, -0.25) is 4.79 Å². The van der Waals surface area contributed by atoms with Crippen LogP contribution < -0.4 is 5.32 Å². The van der Waals surface area contributed by atoms with Gasteiger partial charge < -0.3 is 15.2 Å². The molecule has 31 heavy (non-hydrogen) atoms. The van der Waals surface area contributed by atoms with Crippen LogP contribution in [-0.2, 0) is 33.1 Å². The molecule has 0 aliphatic carbocycles. The van der Waals surface area contributed by atoms with Gasteiger partial charge in [0.05, 0.1) is 18.2 Å². The topological polar surface area (TPSA) is 75.6 Å². The van der Waals surface area contributed by atoms with E-state index in [-0.39, 0.29) is 11.1 Å². The molecule has 2 atom stereocenters. The van der Waals surface area contributed by atoms with Gasteiger partial charge in [0, 0.05) is 6.42 Å². The molecule has 11 heteroatoms. The second kappa shape index (κ2) is 9.38. The van der Waals surface area contributed by atoms with Gasteiger partial charge in [0.15, 0.2) is 6.10 Å². The van der Waals surface area contributed by atoms with Crippen molar-refractivity contribution in [3.05, 3.63) is 70.8 Å². The molecule has 0 aliphatic rings. The zero-order chi connectivity index (χ0) is 23.4. The molecular weight excluding hydrogens is 432 g/mol. The second-order valence-corrected chi connectivity index (χ2v) is 6.47. The molecule has 0 fully saturated rings. The fourth-order valence-electron chi connectivity index (χ4n) is 2.79. The molecule has 5 nitrogen and oxygen atoms in total. The minimum Gasteiger partial charge on any atom is -0.467 e. The third-order valence-corrected chi connectivity index (χ3v) is 4.35. The maximum atomic E-state index is 13.2. The fourth-order valence-corrected chi connectivity index (χ4v) is 2.79. The van der Waals surface area contributed by atoms with Gasteiger partial charge in [-0.1, -0.05) is 30.3 Å². The first-order valence-corrected chi connectivity index (χ1v) is 8.73. The number of nitrogens with one attached hydrogen (secondary N) is 1. The van der Waals surface area contributed by atoms with Gasteiger partial charge in [0.25, 0.3) is 5.91 Å². The number of carbonyl (C=O) groups excluding carboxylic acids is 2. The maximum absolute atomic E-state index is 13.2. The molecule has 168 valence electrons. The van der Waals surface area contributed by atoms with E-state index >= 15 is 0 Å². The summed E-state index contributed by atoms with van der Waals surface area (Å²) < 4.78 is 82.0. The Morgan fingerprint density at radius 3 is 2.06 bits per heavy atom. The van der Waals surface area contributed by atoms with Gasteiger partial charge in [-0.25, -0.2) is 4.79 Å². The number of rotatable bonds is 6. The van der Waals surface area contributed by atoms with Crippen molar-refractivity contribution >= 4 is 11.9 Å². The van der Waals surface area contributed by atoms with Crippen molar-refractivity contribution in [3.8, 4) is 0 Å². The van der Waals surface area contributed by atoms with Crippen LogP contribution in [0.4, 0.5) is 26.3 Å². The highest BCUT2D eigenvalue weighted by atomic mass is 19.4. The summed E-state index contributed by atoms with van der Waals surface area (Å²) >= 11 is 0. The Hall–Kier alpha value is -3.08. The summed E-state index contributed by atoms with van der Waals surface area (Å²) in [7, 11) is 0.962. The van der Waals surface area contributed by atoms with Crippen molar-refractivity contribution < 1.29 is 45.8 Å². The largest absolute Gasteiger partial charge is 0.467 e. The molecule has 1 amide bonds. The smallest absolute Gasteiger partial charge is 0.416 e. The number of carbonyl (C=O) groups is 2. The zero-order valence-corrected chi connectivity index (χ0v) is 15.9. The van der Waals surface area contributed by atoms with E-state index in [1.54, 1.807) is 0 Å². The van der Waals surface area contributed by atoms with E-state index in [2.05, 4.69) is 10.1 Å². The number of alkyl halides is 6. The molecule has 0 saturated heterocycles. The molecule has 2 aromatic carbocycles. The molecule has 2 rings (SSSR count). The zero-order valence-electron chi connectivity index (χ0n) is 15.9. The third kappa shape index (κ3) is 6.20. The molecule has 2 N–H and O–H groups in total. The van der Waals surface area contributed by atoms with Crippen molar-refractivity contribution in [1.82, 2.24) is 5.32 Å². The summed E-state index contributed by atoms with van der Waals surface area (Å²) in [6.45, 7) is 0. The molecular formula is C20H17F6NO4. The average molecular weight is 449 g/mol. The van der Waals surface area contributed by atoms with E-state index in [0.29, 0.717) is 12.1 Å². The molecule has 0 bridgehead atoms. The number of hydrogen-bond donors (Lipinski definition) is 2. The number of ether oxygens (including phenoxy) is 1. The first-order valence-electron chi connectivity index (χ1n) is 8.73. The van der Waals surface area contributed by atoms with Crippen LogP contribution in [0.1, 0.15) is 28.4 Å². The van der Waals surface area contributed by atoms with Crippen LogP contribution in [-0.4, -0.2) is 30.1 Å². The first-order chi connectivity index (χ1) is 14.3. The Morgan fingerprint density at radius 2 is 1.55 bits per heavy atom. The number of amides is 1. The van der Waals surface area contributed by atoms with E-state index < -0.39 is 53.9 Å². The monoisotopic (exact) mass is 449 g/mol. The van der Waals surface area contributed by atoms with Crippen LogP contribution >= 0.6 is 0 Å². The Labute approximate surface area is 172 Å². The fraction of sp³-hybridized carbons (Fsp3) is 0.300. The lowest BCUT2D eigenvalue weighted by Crippen LogP contribution is -2.45. The van der Waals surface area contributed by atoms with Crippen LogP contribution in [0.15, 0.2) is 48.5 Å². The Morgan fingerprint density at radius 1 is 0.968 bits per heavy atom. The molecule has 2 aromatic rings. The lowest BCUT2D eigenvalue weighted by Gasteiger charge is -2.21. The molecule has 0 aliphatic heterocycles. The summed E-state index contributed by atoms with van der Waals surface area (Å²) in [6.07, 6.45) is -11.9. The summed E-state index contributed by atoms with van der Waals surface area (Å²) in [5, 5.41) is 12.2.